The Morgan fingerprint density at radius 3 is 2.62 bits per heavy atom. The van der Waals surface area contributed by atoms with Crippen molar-refractivity contribution < 1.29 is 52.8 Å². The molecule has 0 heterocycles. The van der Waals surface area contributed by atoms with Crippen LogP contribution in [0.5, 0.6) is 0 Å². The minimum absolute atomic E-state index is 0. The Morgan fingerprint density at radius 2 is 2.50 bits per heavy atom. The summed E-state index contributed by atoms with van der Waals surface area (Å²) in [6.45, 7) is 0. The SMILES string of the molecule is CSC(=S)NC#N.[H-].[K+]. The fraction of sp³-hybridized carbons (Fsp3) is 0.333. The first-order valence-corrected chi connectivity index (χ1v) is 3.17. The molecule has 0 aliphatic heterocycles. The van der Waals surface area contributed by atoms with Gasteiger partial charge in [-0.2, -0.15) is 5.26 Å². The van der Waals surface area contributed by atoms with Crippen LogP contribution in [-0.4, -0.2) is 10.6 Å². The molecule has 1 N–H and O–H groups in total. The second-order valence-electron chi connectivity index (χ2n) is 0.728. The van der Waals surface area contributed by atoms with Crippen LogP contribution in [0.3, 0.4) is 0 Å². The van der Waals surface area contributed by atoms with Crippen LogP contribution >= 0.6 is 24.0 Å². The van der Waals surface area contributed by atoms with E-state index in [4.69, 9.17) is 5.26 Å². The van der Waals surface area contributed by atoms with Gasteiger partial charge in [-0.1, -0.05) is 24.0 Å². The van der Waals surface area contributed by atoms with Crippen LogP contribution in [0.25, 0.3) is 0 Å². The van der Waals surface area contributed by atoms with E-state index < -0.39 is 0 Å². The number of nitrogens with one attached hydrogen (secondary N) is 1. The number of hydrogen-bond acceptors (Lipinski definition) is 3. The van der Waals surface area contributed by atoms with Crippen molar-refractivity contribution in [1.29, 1.82) is 5.26 Å². The Bertz CT molecular complexity index is 113. The van der Waals surface area contributed by atoms with E-state index in [0.717, 1.165) is 0 Å². The van der Waals surface area contributed by atoms with E-state index in [1.165, 1.54) is 11.8 Å². The van der Waals surface area contributed by atoms with Gasteiger partial charge in [-0.05, 0) is 6.26 Å². The van der Waals surface area contributed by atoms with E-state index in [-0.39, 0.29) is 52.8 Å². The van der Waals surface area contributed by atoms with Crippen molar-refractivity contribution in [1.82, 2.24) is 5.32 Å². The van der Waals surface area contributed by atoms with Crippen molar-refractivity contribution in [3.8, 4) is 6.19 Å². The maximum absolute atomic E-state index is 7.91. The zero-order valence-electron chi connectivity index (χ0n) is 5.76. The van der Waals surface area contributed by atoms with Gasteiger partial charge in [-0.15, -0.1) is 0 Å². The van der Waals surface area contributed by atoms with Crippen LogP contribution in [0.4, 0.5) is 0 Å². The fourth-order valence-electron chi connectivity index (χ4n) is 0.0967. The molecule has 0 bridgehead atoms. The second kappa shape index (κ2) is 8.37. The molecular weight excluding hydrogens is 167 g/mol. The van der Waals surface area contributed by atoms with Gasteiger partial charge in [0.15, 0.2) is 6.19 Å². The summed E-state index contributed by atoms with van der Waals surface area (Å²) in [6.07, 6.45) is 3.52. The summed E-state index contributed by atoms with van der Waals surface area (Å²) in [6, 6.07) is 0. The van der Waals surface area contributed by atoms with E-state index in [1.807, 2.05) is 6.26 Å². The number of thiocarbonyl (C=S) groups is 1. The molecule has 40 valence electrons. The summed E-state index contributed by atoms with van der Waals surface area (Å²) in [5.41, 5.74) is 0. The largest absolute Gasteiger partial charge is 1.00 e. The average molecular weight is 172 g/mol. The molecule has 8 heavy (non-hydrogen) atoms. The first-order chi connectivity index (χ1) is 3.31. The standard InChI is InChI=1S/C3H4N2S2.K.H/c1-7-3(6)5-2-4;;/h1H3,(H,5,6);;/q;+1;-1. The molecule has 0 aromatic carbocycles. The normalized spacial score (nSPS) is 6.00. The zero-order chi connectivity index (χ0) is 5.70. The summed E-state index contributed by atoms with van der Waals surface area (Å²) >= 11 is 5.93. The fourth-order valence-corrected chi connectivity index (χ4v) is 0.290. The molecule has 5 heteroatoms. The Labute approximate surface area is 102 Å². The summed E-state index contributed by atoms with van der Waals surface area (Å²) in [5.74, 6) is 0. The van der Waals surface area contributed by atoms with Crippen molar-refractivity contribution in [2.24, 2.45) is 0 Å². The number of hydrogen-bond donors (Lipinski definition) is 1. The quantitative estimate of drug-likeness (QED) is 0.195. The van der Waals surface area contributed by atoms with Gasteiger partial charge in [-0.25, -0.2) is 0 Å². The minimum atomic E-state index is 0. The summed E-state index contributed by atoms with van der Waals surface area (Å²) in [7, 11) is 0. The molecule has 0 atom stereocenters. The molecule has 0 radical (unpaired) electrons. The number of nitrogens with zero attached hydrogens (tertiary/aromatic N) is 1. The average Bonchev–Trinajstić information content (AvgIpc) is 1.68. The molecule has 0 spiro atoms. The Hall–Kier alpha value is 1.37. The van der Waals surface area contributed by atoms with E-state index in [1.54, 1.807) is 6.19 Å². The molecule has 0 aromatic heterocycles. The van der Waals surface area contributed by atoms with Gasteiger partial charge in [0, 0.05) is 0 Å². The van der Waals surface area contributed by atoms with Crippen LogP contribution in [0, 0.1) is 11.5 Å². The Balaban J connectivity index is -0.000000180. The smallest absolute Gasteiger partial charge is 1.00 e. The van der Waals surface area contributed by atoms with Gasteiger partial charge >= 0.3 is 51.4 Å². The van der Waals surface area contributed by atoms with Crippen LogP contribution in [0.15, 0.2) is 0 Å². The predicted octanol–water partition coefficient (Wildman–Crippen LogP) is -2.18. The molecule has 0 amide bonds. The third-order valence-electron chi connectivity index (χ3n) is 0.343. The number of nitriles is 1. The van der Waals surface area contributed by atoms with Crippen molar-refractivity contribution in [2.45, 2.75) is 0 Å². The molecule has 0 rings (SSSR count). The summed E-state index contributed by atoms with van der Waals surface area (Å²) in [5, 5.41) is 10.2. The topological polar surface area (TPSA) is 35.8 Å². The van der Waals surface area contributed by atoms with Crippen LogP contribution in [0.1, 0.15) is 1.43 Å². The van der Waals surface area contributed by atoms with Crippen molar-refractivity contribution >= 4 is 28.3 Å². The summed E-state index contributed by atoms with van der Waals surface area (Å²) in [4.78, 5) is 0. The maximum atomic E-state index is 7.91. The van der Waals surface area contributed by atoms with Crippen molar-refractivity contribution in [3.05, 3.63) is 0 Å². The third kappa shape index (κ3) is 7.37. The second-order valence-corrected chi connectivity index (χ2v) is 2.21. The van der Waals surface area contributed by atoms with E-state index in [9.17, 15) is 0 Å². The zero-order valence-corrected chi connectivity index (χ0v) is 9.52. The molecule has 0 fully saturated rings. The molecule has 0 aromatic rings. The van der Waals surface area contributed by atoms with Gasteiger partial charge in [0.25, 0.3) is 0 Å². The van der Waals surface area contributed by atoms with Gasteiger partial charge in [-0.3, -0.25) is 5.32 Å². The number of thioether (sulfide) groups is 1. The molecule has 0 unspecified atom stereocenters. The molecule has 0 aliphatic carbocycles. The van der Waals surface area contributed by atoms with E-state index >= 15 is 0 Å². The first-order valence-electron chi connectivity index (χ1n) is 1.54. The van der Waals surface area contributed by atoms with Gasteiger partial charge in [0.1, 0.15) is 4.32 Å². The third-order valence-corrected chi connectivity index (χ3v) is 1.42. The molecule has 0 saturated carbocycles. The maximum Gasteiger partial charge on any atom is 1.00 e. The van der Waals surface area contributed by atoms with Gasteiger partial charge in [0.2, 0.25) is 0 Å². The monoisotopic (exact) mass is 172 g/mol. The van der Waals surface area contributed by atoms with Crippen molar-refractivity contribution in [2.75, 3.05) is 6.26 Å². The van der Waals surface area contributed by atoms with Gasteiger partial charge in [0.05, 0.1) is 0 Å². The van der Waals surface area contributed by atoms with Crippen LogP contribution in [0.2, 0.25) is 0 Å². The Kier molecular flexibility index (Phi) is 12.6. The molecule has 0 aliphatic rings. The van der Waals surface area contributed by atoms with E-state index in [2.05, 4.69) is 17.5 Å². The van der Waals surface area contributed by atoms with E-state index in [0.29, 0.717) is 4.32 Å². The molecular formula is C3H5KN2S2. The minimum Gasteiger partial charge on any atom is -1.00 e. The molecule has 2 nitrogen and oxygen atoms in total. The van der Waals surface area contributed by atoms with Gasteiger partial charge < -0.3 is 1.43 Å². The first kappa shape index (κ1) is 12.1. The molecule has 0 saturated heterocycles. The summed E-state index contributed by atoms with van der Waals surface area (Å²) < 4.78 is 0.516. The van der Waals surface area contributed by atoms with Crippen molar-refractivity contribution in [3.63, 3.8) is 0 Å². The van der Waals surface area contributed by atoms with Crippen LogP contribution < -0.4 is 56.7 Å². The predicted molar refractivity (Wildman–Crippen MR) is 36.0 cm³/mol. The number of rotatable bonds is 0. The Morgan fingerprint density at radius 1 is 2.00 bits per heavy atom. The van der Waals surface area contributed by atoms with Crippen LogP contribution in [-0.2, 0) is 0 Å².